The lowest BCUT2D eigenvalue weighted by atomic mass is 9.97. The Hall–Kier alpha value is 0.310. The van der Waals surface area contributed by atoms with Crippen molar-refractivity contribution in [2.45, 2.75) is 33.6 Å². The molecule has 1 atom stereocenters. The molecule has 1 aliphatic rings. The van der Waals surface area contributed by atoms with Gasteiger partial charge in [-0.05, 0) is 42.9 Å². The summed E-state index contributed by atoms with van der Waals surface area (Å²) < 4.78 is 0. The summed E-state index contributed by atoms with van der Waals surface area (Å²) in [6, 6.07) is 0. The first kappa shape index (κ1) is 12.4. The van der Waals surface area contributed by atoms with Gasteiger partial charge in [0.2, 0.25) is 0 Å². The van der Waals surface area contributed by atoms with Crippen LogP contribution in [0, 0.1) is 17.8 Å². The Balaban J connectivity index is 2.28. The molecule has 0 saturated heterocycles. The molecule has 2 heteroatoms. The van der Waals surface area contributed by atoms with E-state index in [-0.39, 0.29) is 0 Å². The number of nitrogens with zero attached hydrogens (tertiary/aromatic N) is 1. The normalized spacial score (nSPS) is 19.3. The predicted octanol–water partition coefficient (Wildman–Crippen LogP) is 2.92. The summed E-state index contributed by atoms with van der Waals surface area (Å²) in [5, 5.41) is 0. The van der Waals surface area contributed by atoms with Gasteiger partial charge in [-0.25, -0.2) is 0 Å². The molecular formula is C12H25NS. The monoisotopic (exact) mass is 215 g/mol. The quantitative estimate of drug-likeness (QED) is 0.639. The largest absolute Gasteiger partial charge is 0.303 e. The molecule has 0 aromatic heterocycles. The first-order chi connectivity index (χ1) is 6.67. The van der Waals surface area contributed by atoms with Crippen LogP contribution in [0.3, 0.4) is 0 Å². The third-order valence-corrected chi connectivity index (χ3v) is 3.80. The summed E-state index contributed by atoms with van der Waals surface area (Å²) in [4.78, 5) is 2.61. The minimum absolute atomic E-state index is 0.761. The molecule has 1 rings (SSSR count). The van der Waals surface area contributed by atoms with Crippen molar-refractivity contribution >= 4 is 12.6 Å². The van der Waals surface area contributed by atoms with Crippen molar-refractivity contribution in [3.05, 3.63) is 0 Å². The van der Waals surface area contributed by atoms with Gasteiger partial charge >= 0.3 is 0 Å². The third kappa shape index (κ3) is 4.22. The van der Waals surface area contributed by atoms with Crippen molar-refractivity contribution < 1.29 is 0 Å². The standard InChI is InChI=1S/C12H25NS/c1-4-13(7-11-5-6-11)8-12(9-14)10(2)3/h10-12,14H,4-9H2,1-3H3. The smallest absolute Gasteiger partial charge is 0.00199 e. The van der Waals surface area contributed by atoms with Crippen LogP contribution in [-0.2, 0) is 0 Å². The summed E-state index contributed by atoms with van der Waals surface area (Å²) in [7, 11) is 0. The van der Waals surface area contributed by atoms with Crippen LogP contribution in [0.15, 0.2) is 0 Å². The Kier molecular flexibility index (Phi) is 5.32. The van der Waals surface area contributed by atoms with E-state index in [2.05, 4.69) is 38.3 Å². The maximum atomic E-state index is 4.45. The predicted molar refractivity (Wildman–Crippen MR) is 67.0 cm³/mol. The van der Waals surface area contributed by atoms with Gasteiger partial charge in [0.25, 0.3) is 0 Å². The number of hydrogen-bond donors (Lipinski definition) is 1. The molecular weight excluding hydrogens is 190 g/mol. The lowest BCUT2D eigenvalue weighted by molar-refractivity contribution is 0.216. The maximum Gasteiger partial charge on any atom is 0.00199 e. The molecule has 0 heterocycles. The number of hydrogen-bond acceptors (Lipinski definition) is 2. The van der Waals surface area contributed by atoms with E-state index in [1.54, 1.807) is 0 Å². The van der Waals surface area contributed by atoms with Crippen LogP contribution >= 0.6 is 12.6 Å². The fourth-order valence-electron chi connectivity index (χ4n) is 1.81. The molecule has 0 aliphatic heterocycles. The highest BCUT2D eigenvalue weighted by molar-refractivity contribution is 7.80. The van der Waals surface area contributed by atoms with Crippen molar-refractivity contribution in [3.8, 4) is 0 Å². The van der Waals surface area contributed by atoms with Gasteiger partial charge in [0.1, 0.15) is 0 Å². The summed E-state index contributed by atoms with van der Waals surface area (Å²) in [5.41, 5.74) is 0. The SMILES string of the molecule is CCN(CC1CC1)CC(CS)C(C)C. The highest BCUT2D eigenvalue weighted by Crippen LogP contribution is 2.30. The summed E-state index contributed by atoms with van der Waals surface area (Å²) in [6.45, 7) is 10.7. The van der Waals surface area contributed by atoms with Crippen molar-refractivity contribution in [2.24, 2.45) is 17.8 Å². The Morgan fingerprint density at radius 2 is 2.00 bits per heavy atom. The molecule has 1 fully saturated rings. The van der Waals surface area contributed by atoms with Crippen LogP contribution in [0.1, 0.15) is 33.6 Å². The zero-order chi connectivity index (χ0) is 10.6. The van der Waals surface area contributed by atoms with E-state index in [1.165, 1.54) is 32.5 Å². The zero-order valence-electron chi connectivity index (χ0n) is 9.87. The highest BCUT2D eigenvalue weighted by atomic mass is 32.1. The van der Waals surface area contributed by atoms with Gasteiger partial charge in [0, 0.05) is 13.1 Å². The van der Waals surface area contributed by atoms with Crippen molar-refractivity contribution in [3.63, 3.8) is 0 Å². The Bertz CT molecular complexity index is 154. The Labute approximate surface area is 94.7 Å². The fourth-order valence-corrected chi connectivity index (χ4v) is 2.35. The van der Waals surface area contributed by atoms with Crippen molar-refractivity contribution in [1.82, 2.24) is 4.90 Å². The third-order valence-electron chi connectivity index (χ3n) is 3.33. The van der Waals surface area contributed by atoms with Crippen LogP contribution in [0.5, 0.6) is 0 Å². The average Bonchev–Trinajstić information content (AvgIpc) is 2.95. The van der Waals surface area contributed by atoms with Gasteiger partial charge in [0.15, 0.2) is 0 Å². The summed E-state index contributed by atoms with van der Waals surface area (Å²) in [6.07, 6.45) is 2.92. The van der Waals surface area contributed by atoms with E-state index >= 15 is 0 Å². The summed E-state index contributed by atoms with van der Waals surface area (Å²) >= 11 is 4.45. The molecule has 0 radical (unpaired) electrons. The van der Waals surface area contributed by atoms with Gasteiger partial charge in [-0.1, -0.05) is 20.8 Å². The first-order valence-electron chi connectivity index (χ1n) is 6.00. The van der Waals surface area contributed by atoms with Crippen LogP contribution < -0.4 is 0 Å². The molecule has 0 aromatic carbocycles. The second kappa shape index (κ2) is 6.02. The molecule has 1 nitrogen and oxygen atoms in total. The van der Waals surface area contributed by atoms with Gasteiger partial charge < -0.3 is 4.90 Å². The van der Waals surface area contributed by atoms with Gasteiger partial charge in [0.05, 0.1) is 0 Å². The van der Waals surface area contributed by atoms with Crippen LogP contribution in [0.4, 0.5) is 0 Å². The van der Waals surface area contributed by atoms with Crippen LogP contribution in [-0.4, -0.2) is 30.3 Å². The van der Waals surface area contributed by atoms with E-state index in [0.29, 0.717) is 0 Å². The molecule has 14 heavy (non-hydrogen) atoms. The Morgan fingerprint density at radius 1 is 1.36 bits per heavy atom. The Morgan fingerprint density at radius 3 is 2.36 bits per heavy atom. The van der Waals surface area contributed by atoms with Gasteiger partial charge in [-0.15, -0.1) is 0 Å². The minimum Gasteiger partial charge on any atom is -0.303 e. The van der Waals surface area contributed by atoms with E-state index in [9.17, 15) is 0 Å². The van der Waals surface area contributed by atoms with Crippen LogP contribution in [0.2, 0.25) is 0 Å². The molecule has 0 amide bonds. The first-order valence-corrected chi connectivity index (χ1v) is 6.63. The van der Waals surface area contributed by atoms with Gasteiger partial charge in [-0.2, -0.15) is 12.6 Å². The fraction of sp³-hybridized carbons (Fsp3) is 1.00. The van der Waals surface area contributed by atoms with Crippen molar-refractivity contribution in [2.75, 3.05) is 25.4 Å². The maximum absolute atomic E-state index is 4.45. The van der Waals surface area contributed by atoms with E-state index < -0.39 is 0 Å². The summed E-state index contributed by atoms with van der Waals surface area (Å²) in [5.74, 6) is 3.57. The second-order valence-corrected chi connectivity index (χ2v) is 5.35. The van der Waals surface area contributed by atoms with Crippen molar-refractivity contribution in [1.29, 1.82) is 0 Å². The van der Waals surface area contributed by atoms with E-state index in [0.717, 1.165) is 23.5 Å². The second-order valence-electron chi connectivity index (χ2n) is 4.98. The average molecular weight is 215 g/mol. The lowest BCUT2D eigenvalue weighted by Crippen LogP contribution is -2.34. The molecule has 0 aromatic rings. The lowest BCUT2D eigenvalue weighted by Gasteiger charge is -2.27. The molecule has 0 N–H and O–H groups in total. The van der Waals surface area contributed by atoms with E-state index in [1.807, 2.05) is 0 Å². The molecule has 84 valence electrons. The molecule has 0 spiro atoms. The highest BCUT2D eigenvalue weighted by Gasteiger charge is 2.25. The zero-order valence-corrected chi connectivity index (χ0v) is 10.8. The van der Waals surface area contributed by atoms with Gasteiger partial charge in [-0.3, -0.25) is 0 Å². The molecule has 0 bridgehead atoms. The molecule has 1 saturated carbocycles. The number of rotatable bonds is 7. The topological polar surface area (TPSA) is 3.24 Å². The molecule has 1 unspecified atom stereocenters. The van der Waals surface area contributed by atoms with Crippen LogP contribution in [0.25, 0.3) is 0 Å². The number of thiol groups is 1. The molecule has 1 aliphatic carbocycles. The van der Waals surface area contributed by atoms with E-state index in [4.69, 9.17) is 0 Å². The minimum atomic E-state index is 0.761.